The first-order valence-corrected chi connectivity index (χ1v) is 6.94. The number of nitrogens with two attached hydrogens (primary N) is 1. The van der Waals surface area contributed by atoms with Crippen LogP contribution in [0.3, 0.4) is 0 Å². The van der Waals surface area contributed by atoms with Crippen LogP contribution in [0.1, 0.15) is 20.8 Å². The van der Waals surface area contributed by atoms with Crippen LogP contribution in [0.25, 0.3) is 0 Å². The predicted octanol–water partition coefficient (Wildman–Crippen LogP) is 2.02. The Morgan fingerprint density at radius 2 is 2.14 bits per heavy atom. The zero-order valence-electron chi connectivity index (χ0n) is 9.12. The van der Waals surface area contributed by atoms with Gasteiger partial charge in [-0.25, -0.2) is 0 Å². The third kappa shape index (κ3) is 2.92. The first kappa shape index (κ1) is 12.4. The molecule has 1 saturated heterocycles. The Labute approximate surface area is 95.4 Å². The Hall–Kier alpha value is 0.360. The second kappa shape index (κ2) is 5.45. The van der Waals surface area contributed by atoms with Gasteiger partial charge in [0.1, 0.15) is 0 Å². The molecule has 3 N–H and O–H groups in total. The average Bonchev–Trinajstić information content (AvgIpc) is 2.11. The molecule has 4 atom stereocenters. The van der Waals surface area contributed by atoms with Gasteiger partial charge in [-0.05, 0) is 6.92 Å². The van der Waals surface area contributed by atoms with Crippen LogP contribution in [0, 0.1) is 0 Å². The molecule has 0 aliphatic carbocycles. The number of thioether (sulfide) groups is 2. The summed E-state index contributed by atoms with van der Waals surface area (Å²) in [4.78, 5) is 0. The highest BCUT2D eigenvalue weighted by molar-refractivity contribution is 8.07. The van der Waals surface area contributed by atoms with Gasteiger partial charge in [-0.2, -0.15) is 23.5 Å². The van der Waals surface area contributed by atoms with Gasteiger partial charge in [0, 0.05) is 21.5 Å². The fourth-order valence-corrected chi connectivity index (χ4v) is 4.73. The van der Waals surface area contributed by atoms with Crippen LogP contribution in [-0.4, -0.2) is 27.5 Å². The molecule has 0 aromatic heterocycles. The second-order valence-corrected chi connectivity index (χ2v) is 6.94. The van der Waals surface area contributed by atoms with Gasteiger partial charge in [-0.1, -0.05) is 26.0 Å². The predicted molar refractivity (Wildman–Crippen MR) is 68.7 cm³/mol. The normalized spacial score (nSPS) is 35.3. The van der Waals surface area contributed by atoms with Crippen molar-refractivity contribution in [2.24, 2.45) is 5.84 Å². The molecule has 14 heavy (non-hydrogen) atoms. The van der Waals surface area contributed by atoms with Crippen molar-refractivity contribution >= 4 is 23.5 Å². The molecule has 0 aromatic carbocycles. The molecule has 1 aliphatic rings. The molecule has 1 heterocycles. The van der Waals surface area contributed by atoms with Gasteiger partial charge >= 0.3 is 0 Å². The minimum atomic E-state index is 0.252. The third-order valence-electron chi connectivity index (χ3n) is 2.66. The summed E-state index contributed by atoms with van der Waals surface area (Å²) in [5, 5.41) is 2.02. The Morgan fingerprint density at radius 1 is 1.50 bits per heavy atom. The Balaban J connectivity index is 2.56. The molecule has 1 fully saturated rings. The topological polar surface area (TPSA) is 38.0 Å². The fraction of sp³-hybridized carbons (Fsp3) is 0.800. The van der Waals surface area contributed by atoms with E-state index in [9.17, 15) is 0 Å². The standard InChI is InChI=1S/C10H20N2S2/c1-6(2)10(12-11)9-5-13-7(3)8(4)14-9/h7-10,12H,1,5,11H2,2-4H3. The van der Waals surface area contributed by atoms with E-state index in [1.807, 2.05) is 30.4 Å². The van der Waals surface area contributed by atoms with E-state index in [0.717, 1.165) is 16.6 Å². The molecule has 4 heteroatoms. The maximum atomic E-state index is 5.55. The van der Waals surface area contributed by atoms with E-state index in [2.05, 4.69) is 25.9 Å². The molecule has 0 bridgehead atoms. The highest BCUT2D eigenvalue weighted by Crippen LogP contribution is 2.37. The molecule has 1 aliphatic heterocycles. The van der Waals surface area contributed by atoms with Gasteiger partial charge in [0.05, 0.1) is 6.04 Å². The maximum Gasteiger partial charge on any atom is 0.0541 e. The smallest absolute Gasteiger partial charge is 0.0541 e. The fourth-order valence-electron chi connectivity index (χ4n) is 1.55. The summed E-state index contributed by atoms with van der Waals surface area (Å²) in [5.41, 5.74) is 4.00. The van der Waals surface area contributed by atoms with E-state index in [0.29, 0.717) is 10.5 Å². The van der Waals surface area contributed by atoms with Crippen LogP contribution in [0.2, 0.25) is 0 Å². The minimum Gasteiger partial charge on any atom is -0.271 e. The van der Waals surface area contributed by atoms with E-state index in [1.165, 1.54) is 0 Å². The van der Waals surface area contributed by atoms with Crippen molar-refractivity contribution in [1.29, 1.82) is 0 Å². The van der Waals surface area contributed by atoms with E-state index < -0.39 is 0 Å². The van der Waals surface area contributed by atoms with Gasteiger partial charge < -0.3 is 0 Å². The monoisotopic (exact) mass is 232 g/mol. The number of nitrogens with one attached hydrogen (secondary N) is 1. The molecule has 0 saturated carbocycles. The first-order valence-electron chi connectivity index (χ1n) is 4.94. The van der Waals surface area contributed by atoms with Crippen LogP contribution in [0.5, 0.6) is 0 Å². The van der Waals surface area contributed by atoms with Crippen molar-refractivity contribution in [3.05, 3.63) is 12.2 Å². The second-order valence-electron chi connectivity index (χ2n) is 3.91. The number of rotatable bonds is 3. The maximum absolute atomic E-state index is 5.55. The lowest BCUT2D eigenvalue weighted by Gasteiger charge is -2.35. The highest BCUT2D eigenvalue weighted by atomic mass is 32.2. The molecular weight excluding hydrogens is 212 g/mol. The number of hydrazine groups is 1. The first-order chi connectivity index (χ1) is 6.56. The highest BCUT2D eigenvalue weighted by Gasteiger charge is 2.30. The van der Waals surface area contributed by atoms with Gasteiger partial charge in [0.15, 0.2) is 0 Å². The van der Waals surface area contributed by atoms with Crippen molar-refractivity contribution in [2.45, 2.75) is 42.6 Å². The summed E-state index contributed by atoms with van der Waals surface area (Å²) in [7, 11) is 0. The van der Waals surface area contributed by atoms with E-state index in [-0.39, 0.29) is 6.04 Å². The Morgan fingerprint density at radius 3 is 2.57 bits per heavy atom. The third-order valence-corrected chi connectivity index (χ3v) is 6.15. The summed E-state index contributed by atoms with van der Waals surface area (Å²) in [6.07, 6.45) is 0. The summed E-state index contributed by atoms with van der Waals surface area (Å²) in [5.74, 6) is 6.72. The molecule has 82 valence electrons. The summed E-state index contributed by atoms with van der Waals surface area (Å²) in [6, 6.07) is 0.252. The number of hydrogen-bond acceptors (Lipinski definition) is 4. The van der Waals surface area contributed by atoms with Crippen molar-refractivity contribution < 1.29 is 0 Å². The summed E-state index contributed by atoms with van der Waals surface area (Å²) >= 11 is 4.07. The van der Waals surface area contributed by atoms with Crippen LogP contribution in [0.4, 0.5) is 0 Å². The van der Waals surface area contributed by atoms with Crippen molar-refractivity contribution in [3.8, 4) is 0 Å². The molecule has 2 nitrogen and oxygen atoms in total. The molecule has 0 amide bonds. The largest absolute Gasteiger partial charge is 0.271 e. The quantitative estimate of drug-likeness (QED) is 0.443. The molecule has 4 unspecified atom stereocenters. The van der Waals surface area contributed by atoms with Crippen LogP contribution in [0.15, 0.2) is 12.2 Å². The molecule has 0 aromatic rings. The molecular formula is C10H20N2S2. The minimum absolute atomic E-state index is 0.252. The van der Waals surface area contributed by atoms with E-state index >= 15 is 0 Å². The van der Waals surface area contributed by atoms with Crippen molar-refractivity contribution in [1.82, 2.24) is 5.43 Å². The molecule has 1 rings (SSSR count). The SMILES string of the molecule is C=C(C)C(NN)C1CSC(C)C(C)S1. The van der Waals surface area contributed by atoms with Crippen molar-refractivity contribution in [2.75, 3.05) is 5.75 Å². The van der Waals surface area contributed by atoms with Crippen molar-refractivity contribution in [3.63, 3.8) is 0 Å². The summed E-state index contributed by atoms with van der Waals surface area (Å²) < 4.78 is 0. The number of hydrogen-bond donors (Lipinski definition) is 2. The molecule has 0 spiro atoms. The van der Waals surface area contributed by atoms with Crippen LogP contribution < -0.4 is 11.3 Å². The lowest BCUT2D eigenvalue weighted by Crippen LogP contribution is -2.47. The van der Waals surface area contributed by atoms with Gasteiger partial charge in [0.25, 0.3) is 0 Å². The molecule has 0 radical (unpaired) electrons. The van der Waals surface area contributed by atoms with Crippen LogP contribution >= 0.6 is 23.5 Å². The summed E-state index contributed by atoms with van der Waals surface area (Å²) in [6.45, 7) is 10.6. The average molecular weight is 232 g/mol. The zero-order chi connectivity index (χ0) is 10.7. The lowest BCUT2D eigenvalue weighted by molar-refractivity contribution is 0.588. The van der Waals surface area contributed by atoms with Gasteiger partial charge in [0.2, 0.25) is 0 Å². The Kier molecular flexibility index (Phi) is 4.83. The van der Waals surface area contributed by atoms with Gasteiger partial charge in [-0.15, -0.1) is 0 Å². The van der Waals surface area contributed by atoms with Gasteiger partial charge in [-0.3, -0.25) is 11.3 Å². The van der Waals surface area contributed by atoms with Crippen LogP contribution in [-0.2, 0) is 0 Å². The van der Waals surface area contributed by atoms with E-state index in [1.54, 1.807) is 0 Å². The lowest BCUT2D eigenvalue weighted by atomic mass is 10.1. The zero-order valence-corrected chi connectivity index (χ0v) is 10.8. The van der Waals surface area contributed by atoms with E-state index in [4.69, 9.17) is 5.84 Å². The Bertz CT molecular complexity index is 208.